The number of aromatic nitrogens is 1. The van der Waals surface area contributed by atoms with Crippen molar-refractivity contribution in [1.82, 2.24) is 14.4 Å². The van der Waals surface area contributed by atoms with Crippen LogP contribution >= 0.6 is 34.4 Å². The van der Waals surface area contributed by atoms with E-state index in [0.29, 0.717) is 18.0 Å². The van der Waals surface area contributed by atoms with Gasteiger partial charge >= 0.3 is 0 Å². The third kappa shape index (κ3) is 4.52. The summed E-state index contributed by atoms with van der Waals surface area (Å²) in [6, 6.07) is 8.34. The van der Waals surface area contributed by atoms with Crippen molar-refractivity contribution in [2.45, 2.75) is 40.0 Å². The van der Waals surface area contributed by atoms with E-state index in [1.165, 1.54) is 9.13 Å². The molecule has 0 radical (unpaired) electrons. The fourth-order valence-corrected chi connectivity index (χ4v) is 5.42. The number of imide groups is 1. The average Bonchev–Trinajstić information content (AvgIpc) is 3.20. The number of likely N-dealkylation sites (tertiary alicyclic amines) is 1. The van der Waals surface area contributed by atoms with Crippen molar-refractivity contribution in [1.29, 1.82) is 0 Å². The van der Waals surface area contributed by atoms with Gasteiger partial charge in [0.05, 0.1) is 4.91 Å². The zero-order valence-electron chi connectivity index (χ0n) is 18.5. The molecule has 3 amide bonds. The summed E-state index contributed by atoms with van der Waals surface area (Å²) in [6.07, 6.45) is 4.84. The molecule has 168 valence electrons. The minimum atomic E-state index is -0.389. The van der Waals surface area contributed by atoms with E-state index >= 15 is 0 Å². The second-order valence-corrected chi connectivity index (χ2v) is 10.5. The molecule has 0 spiro atoms. The molecule has 3 heterocycles. The Morgan fingerprint density at radius 1 is 1.09 bits per heavy atom. The van der Waals surface area contributed by atoms with Crippen molar-refractivity contribution in [2.75, 3.05) is 19.6 Å². The first-order valence-electron chi connectivity index (χ1n) is 10.7. The Morgan fingerprint density at radius 2 is 1.81 bits per heavy atom. The van der Waals surface area contributed by atoms with Crippen LogP contribution in [0, 0.1) is 24.3 Å². The van der Waals surface area contributed by atoms with Crippen LogP contribution in [0.25, 0.3) is 11.8 Å². The van der Waals surface area contributed by atoms with Gasteiger partial charge in [-0.3, -0.25) is 19.3 Å². The number of rotatable bonds is 4. The van der Waals surface area contributed by atoms with Crippen molar-refractivity contribution < 1.29 is 14.4 Å². The van der Waals surface area contributed by atoms with Crippen LogP contribution in [0.4, 0.5) is 4.79 Å². The van der Waals surface area contributed by atoms with Gasteiger partial charge in [-0.1, -0.05) is 0 Å². The van der Waals surface area contributed by atoms with E-state index in [1.807, 2.05) is 19.9 Å². The molecule has 32 heavy (non-hydrogen) atoms. The lowest BCUT2D eigenvalue weighted by Crippen LogP contribution is -2.44. The summed E-state index contributed by atoms with van der Waals surface area (Å²) in [5, 5.41) is -0.381. The van der Waals surface area contributed by atoms with Gasteiger partial charge in [-0.15, -0.1) is 0 Å². The first-order valence-corrected chi connectivity index (χ1v) is 12.6. The lowest BCUT2D eigenvalue weighted by atomic mass is 10.1. The number of amides is 3. The van der Waals surface area contributed by atoms with Gasteiger partial charge in [-0.25, -0.2) is 0 Å². The van der Waals surface area contributed by atoms with Crippen LogP contribution in [0.2, 0.25) is 0 Å². The number of carbonyl (C=O) groups is 3. The zero-order chi connectivity index (χ0) is 23.0. The largest absolute Gasteiger partial charge is 0.341 e. The predicted octanol–water partition coefficient (Wildman–Crippen LogP) is 5.06. The van der Waals surface area contributed by atoms with Gasteiger partial charge in [0.2, 0.25) is 5.91 Å². The molecule has 8 heteroatoms. The molecule has 6 nitrogen and oxygen atoms in total. The Bertz CT molecular complexity index is 1130. The first kappa shape index (κ1) is 23.1. The molecule has 4 rings (SSSR count). The van der Waals surface area contributed by atoms with Crippen LogP contribution in [0.1, 0.15) is 41.8 Å². The fraction of sp³-hybridized carbons (Fsp3) is 0.375. The molecule has 2 saturated heterocycles. The highest BCUT2D eigenvalue weighted by atomic mass is 127. The van der Waals surface area contributed by atoms with E-state index in [2.05, 4.69) is 52.3 Å². The molecule has 0 N–H and O–H groups in total. The lowest BCUT2D eigenvalue weighted by Gasteiger charge is -2.27. The minimum absolute atomic E-state index is 0.152. The molecule has 0 aliphatic carbocycles. The van der Waals surface area contributed by atoms with Gasteiger partial charge < -0.3 is 9.47 Å². The minimum Gasteiger partial charge on any atom is -0.341 e. The van der Waals surface area contributed by atoms with E-state index in [0.717, 1.165) is 58.6 Å². The number of benzene rings is 1. The Hall–Kier alpha value is -2.07. The van der Waals surface area contributed by atoms with Crippen LogP contribution < -0.4 is 0 Å². The molecule has 0 bridgehead atoms. The molecule has 0 saturated carbocycles. The molecule has 2 aromatic rings. The van der Waals surface area contributed by atoms with E-state index in [9.17, 15) is 14.4 Å². The molecule has 1 aromatic heterocycles. The van der Waals surface area contributed by atoms with Crippen LogP contribution in [0.15, 0.2) is 29.2 Å². The molecular formula is C24H26IN3O3S. The van der Waals surface area contributed by atoms with Crippen LogP contribution in [-0.4, -0.2) is 51.1 Å². The topological polar surface area (TPSA) is 62.6 Å². The Morgan fingerprint density at radius 3 is 2.50 bits per heavy atom. The normalized spacial score (nSPS) is 18.2. The van der Waals surface area contributed by atoms with Crippen molar-refractivity contribution in [3.63, 3.8) is 0 Å². The zero-order valence-corrected chi connectivity index (χ0v) is 21.5. The first-order chi connectivity index (χ1) is 15.3. The van der Waals surface area contributed by atoms with Crippen molar-refractivity contribution >= 4 is 57.5 Å². The number of thioether (sulfide) groups is 1. The summed E-state index contributed by atoms with van der Waals surface area (Å²) < 4.78 is 3.36. The maximum Gasteiger partial charge on any atom is 0.294 e. The Kier molecular flexibility index (Phi) is 6.80. The number of carbonyl (C=O) groups excluding carboxylic acids is 3. The van der Waals surface area contributed by atoms with Crippen LogP contribution in [0.3, 0.4) is 0 Å². The van der Waals surface area contributed by atoms with Gasteiger partial charge in [0.1, 0.15) is 6.54 Å². The van der Waals surface area contributed by atoms with Crippen molar-refractivity contribution in [2.24, 2.45) is 0 Å². The number of nitrogens with zero attached hydrogens (tertiary/aromatic N) is 3. The summed E-state index contributed by atoms with van der Waals surface area (Å²) in [7, 11) is 0. The Balaban J connectivity index is 1.56. The third-order valence-corrected chi connectivity index (χ3v) is 8.15. The number of halogens is 1. The van der Waals surface area contributed by atoms with Crippen LogP contribution in [0.5, 0.6) is 0 Å². The average molecular weight is 563 g/mol. The second-order valence-electron chi connectivity index (χ2n) is 8.30. The van der Waals surface area contributed by atoms with Gasteiger partial charge in [0.15, 0.2) is 0 Å². The third-order valence-electron chi connectivity index (χ3n) is 6.03. The highest BCUT2D eigenvalue weighted by Gasteiger charge is 2.37. The number of piperidine rings is 1. The molecule has 2 aliphatic heterocycles. The molecular weight excluding hydrogens is 537 g/mol. The second kappa shape index (κ2) is 9.43. The highest BCUT2D eigenvalue weighted by Crippen LogP contribution is 2.34. The molecule has 2 fully saturated rings. The maximum atomic E-state index is 12.9. The highest BCUT2D eigenvalue weighted by molar-refractivity contribution is 14.1. The summed E-state index contributed by atoms with van der Waals surface area (Å²) in [6.45, 7) is 7.35. The number of hydrogen-bond donors (Lipinski definition) is 0. The number of aryl methyl sites for hydroxylation is 2. The van der Waals surface area contributed by atoms with E-state index in [-0.39, 0.29) is 23.6 Å². The van der Waals surface area contributed by atoms with Crippen molar-refractivity contribution in [3.8, 4) is 5.69 Å². The van der Waals surface area contributed by atoms with Gasteiger partial charge in [-0.05, 0) is 116 Å². The predicted molar refractivity (Wildman–Crippen MR) is 136 cm³/mol. The van der Waals surface area contributed by atoms with E-state index < -0.39 is 0 Å². The fourth-order valence-electron chi connectivity index (χ4n) is 4.26. The van der Waals surface area contributed by atoms with Crippen molar-refractivity contribution in [3.05, 3.63) is 55.3 Å². The van der Waals surface area contributed by atoms with Crippen LogP contribution in [-0.2, 0) is 9.59 Å². The molecule has 0 unspecified atom stereocenters. The molecule has 2 aliphatic rings. The summed E-state index contributed by atoms with van der Waals surface area (Å²) >= 11 is 3.23. The maximum absolute atomic E-state index is 12.9. The standard InChI is InChI=1S/C24H26IN3O3S/c1-15-11-19(7-8-20(15)25)28-16(2)12-18(17(28)3)13-21-23(30)27(24(31)32-21)14-22(29)26-9-5-4-6-10-26/h7-8,11-13H,4-6,9-10,14H2,1-3H3/b21-13-. The van der Waals surface area contributed by atoms with Gasteiger partial charge in [-0.2, -0.15) is 0 Å². The van der Waals surface area contributed by atoms with Gasteiger partial charge in [0, 0.05) is 33.7 Å². The number of hydrogen-bond acceptors (Lipinski definition) is 4. The van der Waals surface area contributed by atoms with E-state index in [4.69, 9.17) is 0 Å². The molecule has 1 aromatic carbocycles. The van der Waals surface area contributed by atoms with Gasteiger partial charge in [0.25, 0.3) is 11.1 Å². The Labute approximate surface area is 206 Å². The smallest absolute Gasteiger partial charge is 0.294 e. The SMILES string of the molecule is Cc1cc(-n2c(C)cc(/C=C3\SC(=O)N(CC(=O)N4CCCCC4)C3=O)c2C)ccc1I. The quantitative estimate of drug-likeness (QED) is 0.386. The van der Waals surface area contributed by atoms with E-state index in [1.54, 1.807) is 11.0 Å². The summed E-state index contributed by atoms with van der Waals surface area (Å²) in [5.41, 5.74) is 5.22. The summed E-state index contributed by atoms with van der Waals surface area (Å²) in [4.78, 5) is 41.2. The lowest BCUT2D eigenvalue weighted by molar-refractivity contribution is -0.136. The molecule has 0 atom stereocenters. The summed E-state index contributed by atoms with van der Waals surface area (Å²) in [5.74, 6) is -0.541. The monoisotopic (exact) mass is 563 g/mol.